The van der Waals surface area contributed by atoms with Gasteiger partial charge in [-0.05, 0) is 25.0 Å². The van der Waals surface area contributed by atoms with Crippen LogP contribution < -0.4 is 0 Å². The van der Waals surface area contributed by atoms with Gasteiger partial charge in [0.2, 0.25) is 0 Å². The van der Waals surface area contributed by atoms with Gasteiger partial charge in [-0.3, -0.25) is 4.90 Å². The van der Waals surface area contributed by atoms with Crippen LogP contribution in [0.4, 0.5) is 4.79 Å². The van der Waals surface area contributed by atoms with Crippen molar-refractivity contribution in [1.82, 2.24) is 9.88 Å². The average molecular weight is 330 g/mol. The third-order valence-corrected chi connectivity index (χ3v) is 4.19. The molecule has 6 heteroatoms. The second-order valence-electron chi connectivity index (χ2n) is 5.79. The standard InChI is InChI=1S/C18H22N2O4/c1-2-23-18(22)24-17-12-20(10-8-16(17)21)9-7-13-11-19-15-6-4-3-5-14(13)15/h3-6,11,19,21H,2,7-10,12H2,1H3. The summed E-state index contributed by atoms with van der Waals surface area (Å²) in [7, 11) is 0. The summed E-state index contributed by atoms with van der Waals surface area (Å²) in [6.07, 6.45) is 2.63. The normalized spacial score (nSPS) is 15.7. The molecule has 6 nitrogen and oxygen atoms in total. The van der Waals surface area contributed by atoms with E-state index in [9.17, 15) is 9.90 Å². The Labute approximate surface area is 140 Å². The third kappa shape index (κ3) is 3.71. The summed E-state index contributed by atoms with van der Waals surface area (Å²) in [6, 6.07) is 8.22. The molecule has 1 aromatic heterocycles. The number of aromatic nitrogens is 1. The van der Waals surface area contributed by atoms with Gasteiger partial charge in [0.05, 0.1) is 13.2 Å². The zero-order chi connectivity index (χ0) is 16.9. The molecule has 2 aromatic rings. The number of aliphatic hydroxyl groups is 1. The van der Waals surface area contributed by atoms with Crippen molar-refractivity contribution in [2.24, 2.45) is 0 Å². The van der Waals surface area contributed by atoms with Gasteiger partial charge in [-0.25, -0.2) is 4.79 Å². The van der Waals surface area contributed by atoms with Crippen molar-refractivity contribution in [1.29, 1.82) is 0 Å². The molecule has 0 bridgehead atoms. The third-order valence-electron chi connectivity index (χ3n) is 4.19. The SMILES string of the molecule is CCOC(=O)OC1=C(O)CCN(CCc2c[nH]c3ccccc23)C1. The van der Waals surface area contributed by atoms with Crippen LogP contribution in [0.1, 0.15) is 18.9 Å². The highest BCUT2D eigenvalue weighted by Gasteiger charge is 2.22. The summed E-state index contributed by atoms with van der Waals surface area (Å²) in [5.74, 6) is 0.421. The second kappa shape index (κ2) is 7.40. The molecule has 2 heterocycles. The molecule has 3 rings (SSSR count). The molecule has 0 unspecified atom stereocenters. The number of fused-ring (bicyclic) bond motifs is 1. The smallest absolute Gasteiger partial charge is 0.509 e. The first kappa shape index (κ1) is 16.4. The molecule has 0 fully saturated rings. The fourth-order valence-electron chi connectivity index (χ4n) is 2.92. The van der Waals surface area contributed by atoms with E-state index < -0.39 is 6.16 Å². The number of nitrogens with one attached hydrogen (secondary N) is 1. The van der Waals surface area contributed by atoms with Gasteiger partial charge in [0.25, 0.3) is 0 Å². The largest absolute Gasteiger partial charge is 0.513 e. The number of H-pyrrole nitrogens is 1. The lowest BCUT2D eigenvalue weighted by Gasteiger charge is -2.27. The molecule has 0 saturated heterocycles. The van der Waals surface area contributed by atoms with Gasteiger partial charge in [0.15, 0.2) is 5.76 Å². The van der Waals surface area contributed by atoms with Gasteiger partial charge in [0.1, 0.15) is 5.76 Å². The van der Waals surface area contributed by atoms with Crippen LogP contribution in [0, 0.1) is 0 Å². The molecule has 0 atom stereocenters. The summed E-state index contributed by atoms with van der Waals surface area (Å²) in [5, 5.41) is 11.1. The fourth-order valence-corrected chi connectivity index (χ4v) is 2.92. The van der Waals surface area contributed by atoms with Crippen molar-refractivity contribution < 1.29 is 19.4 Å². The highest BCUT2D eigenvalue weighted by molar-refractivity contribution is 5.83. The number of aromatic amines is 1. The molecule has 0 saturated carbocycles. The first-order valence-corrected chi connectivity index (χ1v) is 8.20. The number of aliphatic hydroxyl groups excluding tert-OH is 1. The Balaban J connectivity index is 1.59. The maximum atomic E-state index is 11.4. The first-order chi connectivity index (χ1) is 11.7. The number of carbonyl (C=O) groups is 1. The number of carbonyl (C=O) groups excluding carboxylic acids is 1. The number of ether oxygens (including phenoxy) is 2. The zero-order valence-electron chi connectivity index (χ0n) is 13.7. The lowest BCUT2D eigenvalue weighted by molar-refractivity contribution is 0.0663. The van der Waals surface area contributed by atoms with Crippen molar-refractivity contribution in [3.8, 4) is 0 Å². The number of nitrogens with zero attached hydrogens (tertiary/aromatic N) is 1. The molecular formula is C18H22N2O4. The average Bonchev–Trinajstić information content (AvgIpc) is 2.99. The molecule has 0 radical (unpaired) electrons. The van der Waals surface area contributed by atoms with E-state index in [1.807, 2.05) is 18.3 Å². The number of hydrogen-bond donors (Lipinski definition) is 2. The Morgan fingerprint density at radius 1 is 1.38 bits per heavy atom. The Morgan fingerprint density at radius 3 is 3.04 bits per heavy atom. The maximum Gasteiger partial charge on any atom is 0.513 e. The highest BCUT2D eigenvalue weighted by Crippen LogP contribution is 2.21. The van der Waals surface area contributed by atoms with Crippen LogP contribution in [0.2, 0.25) is 0 Å². The van der Waals surface area contributed by atoms with Crippen LogP contribution >= 0.6 is 0 Å². The molecule has 1 aliphatic heterocycles. The Morgan fingerprint density at radius 2 is 2.21 bits per heavy atom. The molecular weight excluding hydrogens is 308 g/mol. The van der Waals surface area contributed by atoms with E-state index in [-0.39, 0.29) is 12.4 Å². The predicted octanol–water partition coefficient (Wildman–Crippen LogP) is 3.36. The van der Waals surface area contributed by atoms with E-state index >= 15 is 0 Å². The van der Waals surface area contributed by atoms with E-state index in [1.165, 1.54) is 10.9 Å². The molecule has 128 valence electrons. The van der Waals surface area contributed by atoms with Gasteiger partial charge >= 0.3 is 6.16 Å². The molecule has 2 N–H and O–H groups in total. The number of rotatable bonds is 5. The van der Waals surface area contributed by atoms with Crippen LogP contribution in [0.5, 0.6) is 0 Å². The van der Waals surface area contributed by atoms with Gasteiger partial charge in [-0.15, -0.1) is 0 Å². The van der Waals surface area contributed by atoms with Crippen LogP contribution in [-0.2, 0) is 15.9 Å². The Hall–Kier alpha value is -2.47. The van der Waals surface area contributed by atoms with Gasteiger partial charge in [-0.2, -0.15) is 0 Å². The van der Waals surface area contributed by atoms with E-state index in [2.05, 4.69) is 22.0 Å². The molecule has 0 amide bonds. The van der Waals surface area contributed by atoms with Crippen molar-refractivity contribution in [3.05, 3.63) is 47.5 Å². The van der Waals surface area contributed by atoms with E-state index in [1.54, 1.807) is 6.92 Å². The minimum Gasteiger partial charge on any atom is -0.509 e. The molecule has 0 spiro atoms. The Kier molecular flexibility index (Phi) is 5.05. The zero-order valence-corrected chi connectivity index (χ0v) is 13.7. The summed E-state index contributed by atoms with van der Waals surface area (Å²) in [5.41, 5.74) is 2.40. The topological polar surface area (TPSA) is 74.8 Å². The van der Waals surface area contributed by atoms with Crippen molar-refractivity contribution in [3.63, 3.8) is 0 Å². The number of para-hydroxylation sites is 1. The Bertz CT molecular complexity index is 750. The van der Waals surface area contributed by atoms with Gasteiger partial charge < -0.3 is 19.6 Å². The van der Waals surface area contributed by atoms with E-state index in [0.29, 0.717) is 18.7 Å². The summed E-state index contributed by atoms with van der Waals surface area (Å²) < 4.78 is 9.87. The summed E-state index contributed by atoms with van der Waals surface area (Å²) >= 11 is 0. The maximum absolute atomic E-state index is 11.4. The molecule has 1 aliphatic rings. The van der Waals surface area contributed by atoms with Crippen LogP contribution in [0.25, 0.3) is 10.9 Å². The highest BCUT2D eigenvalue weighted by atomic mass is 16.7. The minimum absolute atomic E-state index is 0.131. The molecule has 24 heavy (non-hydrogen) atoms. The van der Waals surface area contributed by atoms with Crippen LogP contribution in [0.3, 0.4) is 0 Å². The second-order valence-corrected chi connectivity index (χ2v) is 5.79. The fraction of sp³-hybridized carbons (Fsp3) is 0.389. The lowest BCUT2D eigenvalue weighted by atomic mass is 10.1. The summed E-state index contributed by atoms with van der Waals surface area (Å²) in [6.45, 7) is 3.93. The monoisotopic (exact) mass is 330 g/mol. The van der Waals surface area contributed by atoms with E-state index in [4.69, 9.17) is 9.47 Å². The van der Waals surface area contributed by atoms with Crippen molar-refractivity contribution >= 4 is 17.1 Å². The van der Waals surface area contributed by atoms with Gasteiger partial charge in [0, 0.05) is 36.6 Å². The molecule has 1 aromatic carbocycles. The van der Waals surface area contributed by atoms with Crippen molar-refractivity contribution in [2.75, 3.05) is 26.2 Å². The van der Waals surface area contributed by atoms with Gasteiger partial charge in [-0.1, -0.05) is 18.2 Å². The van der Waals surface area contributed by atoms with Crippen molar-refractivity contribution in [2.45, 2.75) is 19.8 Å². The number of benzene rings is 1. The first-order valence-electron chi connectivity index (χ1n) is 8.20. The lowest BCUT2D eigenvalue weighted by Crippen LogP contribution is -2.34. The van der Waals surface area contributed by atoms with Crippen LogP contribution in [-0.4, -0.2) is 47.4 Å². The summed E-state index contributed by atoms with van der Waals surface area (Å²) in [4.78, 5) is 16.9. The number of hydrogen-bond acceptors (Lipinski definition) is 5. The quantitative estimate of drug-likeness (QED) is 0.822. The predicted molar refractivity (Wildman–Crippen MR) is 90.8 cm³/mol. The molecule has 0 aliphatic carbocycles. The van der Waals surface area contributed by atoms with E-state index in [0.717, 1.165) is 25.0 Å². The van der Waals surface area contributed by atoms with Crippen LogP contribution in [0.15, 0.2) is 42.0 Å². The minimum atomic E-state index is -0.766.